The molecule has 1 aliphatic heterocycles. The first-order valence-electron chi connectivity index (χ1n) is 11.3. The number of carbonyl (C=O) groups is 2. The summed E-state index contributed by atoms with van der Waals surface area (Å²) in [6.07, 6.45) is 2.96. The van der Waals surface area contributed by atoms with E-state index in [1.807, 2.05) is 30.3 Å². The second-order valence-corrected chi connectivity index (χ2v) is 10.2. The van der Waals surface area contributed by atoms with Gasteiger partial charge in [0.25, 0.3) is 5.91 Å². The van der Waals surface area contributed by atoms with Gasteiger partial charge in [0.1, 0.15) is 18.0 Å². The first kappa shape index (κ1) is 24.3. The van der Waals surface area contributed by atoms with Crippen molar-refractivity contribution in [1.29, 1.82) is 0 Å². The molecule has 182 valence electrons. The molecule has 0 spiro atoms. The minimum Gasteiger partial charge on any atom is -0.457 e. The Morgan fingerprint density at radius 3 is 2.14 bits per heavy atom. The van der Waals surface area contributed by atoms with Crippen LogP contribution in [0, 0.1) is 0 Å². The van der Waals surface area contributed by atoms with Gasteiger partial charge in [-0.15, -0.1) is 0 Å². The van der Waals surface area contributed by atoms with Crippen molar-refractivity contribution in [3.8, 4) is 11.5 Å². The van der Waals surface area contributed by atoms with Crippen LogP contribution in [0.3, 0.4) is 0 Å². The smallest absolute Gasteiger partial charge is 0.255 e. The van der Waals surface area contributed by atoms with Crippen molar-refractivity contribution in [2.45, 2.75) is 12.8 Å². The molecule has 35 heavy (non-hydrogen) atoms. The summed E-state index contributed by atoms with van der Waals surface area (Å²) in [5, 5.41) is 2.71. The Balaban J connectivity index is 1.48. The second-order valence-electron chi connectivity index (χ2n) is 8.27. The summed E-state index contributed by atoms with van der Waals surface area (Å²) < 4.78 is 31.8. The normalized spacial score (nSPS) is 13.3. The molecule has 0 radical (unpaired) electrons. The summed E-state index contributed by atoms with van der Waals surface area (Å²) >= 11 is 0. The average Bonchev–Trinajstić information content (AvgIpc) is 3.38. The Morgan fingerprint density at radius 2 is 1.49 bits per heavy atom. The Hall–Kier alpha value is -3.85. The molecule has 1 aliphatic rings. The monoisotopic (exact) mass is 493 g/mol. The standard InChI is InChI=1S/C26H27N3O5S/c1-35(32,33)29(20-13-15-22(16-14-20)34-21-9-3-2-4-10-21)19-25(30)27-24-12-6-5-11-23(24)26(31)28-17-7-8-18-28/h2-6,9-16H,7-8,17-19H2,1H3,(H,27,30). The van der Waals surface area contributed by atoms with Crippen LogP contribution >= 0.6 is 0 Å². The van der Waals surface area contributed by atoms with Crippen LogP contribution in [0.2, 0.25) is 0 Å². The topological polar surface area (TPSA) is 96.0 Å². The lowest BCUT2D eigenvalue weighted by molar-refractivity contribution is -0.114. The van der Waals surface area contributed by atoms with Gasteiger partial charge in [0, 0.05) is 13.1 Å². The van der Waals surface area contributed by atoms with Crippen LogP contribution in [0.15, 0.2) is 78.9 Å². The zero-order valence-electron chi connectivity index (χ0n) is 19.4. The molecule has 3 aromatic rings. The van der Waals surface area contributed by atoms with Crippen LogP contribution in [0.4, 0.5) is 11.4 Å². The van der Waals surface area contributed by atoms with E-state index in [-0.39, 0.29) is 5.91 Å². The molecule has 4 rings (SSSR count). The Kier molecular flexibility index (Phi) is 7.36. The van der Waals surface area contributed by atoms with Gasteiger partial charge >= 0.3 is 0 Å². The van der Waals surface area contributed by atoms with E-state index in [1.165, 1.54) is 0 Å². The van der Waals surface area contributed by atoms with E-state index in [4.69, 9.17) is 4.74 Å². The highest BCUT2D eigenvalue weighted by Crippen LogP contribution is 2.26. The number of likely N-dealkylation sites (tertiary alicyclic amines) is 1. The summed E-state index contributed by atoms with van der Waals surface area (Å²) in [5.74, 6) is 0.489. The number of benzene rings is 3. The van der Waals surface area contributed by atoms with Crippen LogP contribution in [0.25, 0.3) is 0 Å². The first-order valence-corrected chi connectivity index (χ1v) is 13.1. The predicted octanol–water partition coefficient (Wildman–Crippen LogP) is 4.12. The number of sulfonamides is 1. The number of nitrogens with zero attached hydrogens (tertiary/aromatic N) is 2. The van der Waals surface area contributed by atoms with E-state index in [2.05, 4.69) is 5.32 Å². The maximum absolute atomic E-state index is 12.9. The lowest BCUT2D eigenvalue weighted by Gasteiger charge is -2.23. The highest BCUT2D eigenvalue weighted by Gasteiger charge is 2.24. The third-order valence-corrected chi connectivity index (χ3v) is 6.76. The molecule has 9 heteroatoms. The van der Waals surface area contributed by atoms with Gasteiger partial charge in [0.05, 0.1) is 23.2 Å². The Labute approximate surface area is 205 Å². The van der Waals surface area contributed by atoms with Crippen LogP contribution < -0.4 is 14.4 Å². The van der Waals surface area contributed by atoms with Gasteiger partial charge in [-0.1, -0.05) is 30.3 Å². The van der Waals surface area contributed by atoms with E-state index in [9.17, 15) is 18.0 Å². The quantitative estimate of drug-likeness (QED) is 0.509. The SMILES string of the molecule is CS(=O)(=O)N(CC(=O)Nc1ccccc1C(=O)N1CCCC1)c1ccc(Oc2ccccc2)cc1. The van der Waals surface area contributed by atoms with Gasteiger partial charge in [0.15, 0.2) is 0 Å². The van der Waals surface area contributed by atoms with Crippen LogP contribution in [0.5, 0.6) is 11.5 Å². The highest BCUT2D eigenvalue weighted by molar-refractivity contribution is 7.92. The first-order chi connectivity index (χ1) is 16.8. The van der Waals surface area contributed by atoms with E-state index in [0.29, 0.717) is 41.5 Å². The minimum atomic E-state index is -3.76. The average molecular weight is 494 g/mol. The Bertz CT molecular complexity index is 1290. The molecule has 0 bridgehead atoms. The molecule has 1 heterocycles. The van der Waals surface area contributed by atoms with Gasteiger partial charge in [-0.05, 0) is 61.4 Å². The summed E-state index contributed by atoms with van der Waals surface area (Å²) in [6, 6.07) is 22.4. The molecule has 0 saturated carbocycles. The number of rotatable bonds is 8. The maximum Gasteiger partial charge on any atom is 0.255 e. The van der Waals surface area contributed by atoms with Crippen LogP contribution in [-0.2, 0) is 14.8 Å². The van der Waals surface area contributed by atoms with Crippen molar-refractivity contribution < 1.29 is 22.7 Å². The summed E-state index contributed by atoms with van der Waals surface area (Å²) in [4.78, 5) is 27.5. The van der Waals surface area contributed by atoms with Crippen molar-refractivity contribution in [3.63, 3.8) is 0 Å². The molecule has 1 N–H and O–H groups in total. The third-order valence-electron chi connectivity index (χ3n) is 5.62. The second kappa shape index (κ2) is 10.6. The van der Waals surface area contributed by atoms with Crippen molar-refractivity contribution in [3.05, 3.63) is 84.4 Å². The molecular weight excluding hydrogens is 466 g/mol. The highest BCUT2D eigenvalue weighted by atomic mass is 32.2. The molecule has 0 atom stereocenters. The summed E-state index contributed by atoms with van der Waals surface area (Å²) in [6.45, 7) is 0.934. The van der Waals surface area contributed by atoms with E-state index < -0.39 is 22.5 Å². The number of ether oxygens (including phenoxy) is 1. The van der Waals surface area contributed by atoms with Crippen molar-refractivity contribution in [1.82, 2.24) is 4.90 Å². The van der Waals surface area contributed by atoms with E-state index >= 15 is 0 Å². The molecule has 2 amide bonds. The van der Waals surface area contributed by atoms with Crippen LogP contribution in [0.1, 0.15) is 23.2 Å². The summed E-state index contributed by atoms with van der Waals surface area (Å²) in [7, 11) is -3.76. The number of para-hydroxylation sites is 2. The van der Waals surface area contributed by atoms with E-state index in [1.54, 1.807) is 53.4 Å². The fourth-order valence-corrected chi connectivity index (χ4v) is 4.75. The number of hydrogen-bond donors (Lipinski definition) is 1. The molecule has 1 saturated heterocycles. The number of nitrogens with one attached hydrogen (secondary N) is 1. The molecule has 0 aliphatic carbocycles. The molecular formula is C26H27N3O5S. The molecule has 1 fully saturated rings. The number of carbonyl (C=O) groups excluding carboxylic acids is 2. The zero-order chi connectivity index (χ0) is 24.8. The summed E-state index contributed by atoms with van der Waals surface area (Å²) in [5.41, 5.74) is 1.06. The lowest BCUT2D eigenvalue weighted by Crippen LogP contribution is -2.37. The molecule has 3 aromatic carbocycles. The zero-order valence-corrected chi connectivity index (χ0v) is 20.2. The predicted molar refractivity (Wildman–Crippen MR) is 135 cm³/mol. The minimum absolute atomic E-state index is 0.146. The number of hydrogen-bond acceptors (Lipinski definition) is 5. The number of amides is 2. The van der Waals surface area contributed by atoms with Gasteiger partial charge < -0.3 is 15.0 Å². The maximum atomic E-state index is 12.9. The largest absolute Gasteiger partial charge is 0.457 e. The van der Waals surface area contributed by atoms with Crippen LogP contribution in [-0.4, -0.2) is 51.0 Å². The van der Waals surface area contributed by atoms with Gasteiger partial charge in [0.2, 0.25) is 15.9 Å². The number of anilines is 2. The fraction of sp³-hybridized carbons (Fsp3) is 0.231. The third kappa shape index (κ3) is 6.19. The van der Waals surface area contributed by atoms with Crippen molar-refractivity contribution >= 4 is 33.2 Å². The molecule has 8 nitrogen and oxygen atoms in total. The van der Waals surface area contributed by atoms with E-state index in [0.717, 1.165) is 23.4 Å². The van der Waals surface area contributed by atoms with Gasteiger partial charge in [-0.2, -0.15) is 0 Å². The Morgan fingerprint density at radius 1 is 0.886 bits per heavy atom. The van der Waals surface area contributed by atoms with Gasteiger partial charge in [-0.3, -0.25) is 13.9 Å². The fourth-order valence-electron chi connectivity index (χ4n) is 3.89. The van der Waals surface area contributed by atoms with Crippen molar-refractivity contribution in [2.24, 2.45) is 0 Å². The van der Waals surface area contributed by atoms with Crippen molar-refractivity contribution in [2.75, 3.05) is 35.5 Å². The molecule has 0 unspecified atom stereocenters. The lowest BCUT2D eigenvalue weighted by atomic mass is 10.1. The van der Waals surface area contributed by atoms with Gasteiger partial charge in [-0.25, -0.2) is 8.42 Å². The molecule has 0 aromatic heterocycles.